The van der Waals surface area contributed by atoms with Crippen molar-refractivity contribution in [3.05, 3.63) is 35.9 Å². The van der Waals surface area contributed by atoms with Crippen molar-refractivity contribution in [3.63, 3.8) is 0 Å². The minimum atomic E-state index is -2.88. The van der Waals surface area contributed by atoms with E-state index in [2.05, 4.69) is 55.4 Å². The van der Waals surface area contributed by atoms with Crippen LogP contribution in [0, 0.1) is 0 Å². The normalized spacial score (nSPS) is 31.0. The van der Waals surface area contributed by atoms with Crippen molar-refractivity contribution >= 4 is 17.1 Å². The van der Waals surface area contributed by atoms with Crippen LogP contribution in [0.5, 0.6) is 0 Å². The first-order valence-electron chi connectivity index (χ1n) is 13.0. The third-order valence-electron chi connectivity index (χ3n) is 7.46. The molecule has 200 valence electrons. The average Bonchev–Trinajstić information content (AvgIpc) is 2.79. The van der Waals surface area contributed by atoms with Gasteiger partial charge in [0.2, 0.25) is 0 Å². The summed E-state index contributed by atoms with van der Waals surface area (Å²) in [5.41, 5.74) is 1.84. The quantitative estimate of drug-likeness (QED) is 0.463. The van der Waals surface area contributed by atoms with Gasteiger partial charge in [-0.1, -0.05) is 85.7 Å². The SMILES string of the molecule is CO[C@H]1O[C@@H]2CO[Si](C(C)C)(C(C)C)O[Si](C(C)C)(C(C)C)O[C@H]2[C@H](OCc2ccccc2)[C@@H]1O. The first-order chi connectivity index (χ1) is 16.5. The maximum absolute atomic E-state index is 11.2. The number of methoxy groups -OCH3 is 1. The Balaban J connectivity index is 2.04. The van der Waals surface area contributed by atoms with Crippen LogP contribution in [0.1, 0.15) is 61.0 Å². The van der Waals surface area contributed by atoms with Crippen LogP contribution < -0.4 is 0 Å². The van der Waals surface area contributed by atoms with Crippen molar-refractivity contribution in [1.82, 2.24) is 0 Å². The van der Waals surface area contributed by atoms with E-state index in [4.69, 9.17) is 27.2 Å². The summed E-state index contributed by atoms with van der Waals surface area (Å²) in [5, 5.41) is 11.2. The number of hydrogen-bond acceptors (Lipinski definition) is 7. The molecule has 0 bridgehead atoms. The standard InChI is InChI=1S/C26H46O7Si2/c1-17(2)34(18(3)4)30-16-22-24(32-35(33-34,19(5)6)20(7)8)25(23(27)26(28-9)31-22)29-15-21-13-11-10-12-14-21/h10-14,17-20,22-27H,15-16H2,1-9H3/t22-,23+,24-,25-,26+/m1/s1. The van der Waals surface area contributed by atoms with E-state index in [1.165, 1.54) is 0 Å². The summed E-state index contributed by atoms with van der Waals surface area (Å²) >= 11 is 0. The van der Waals surface area contributed by atoms with Gasteiger partial charge in [0, 0.05) is 7.11 Å². The number of aliphatic hydroxyl groups excluding tert-OH is 1. The Labute approximate surface area is 213 Å². The molecule has 5 atom stereocenters. The van der Waals surface area contributed by atoms with Crippen molar-refractivity contribution in [2.75, 3.05) is 13.7 Å². The Morgan fingerprint density at radius 1 is 0.914 bits per heavy atom. The van der Waals surface area contributed by atoms with Crippen LogP contribution >= 0.6 is 0 Å². The molecule has 9 heteroatoms. The molecule has 2 aliphatic heterocycles. The summed E-state index contributed by atoms with van der Waals surface area (Å²) in [4.78, 5) is 0. The van der Waals surface area contributed by atoms with E-state index in [1.807, 2.05) is 30.3 Å². The van der Waals surface area contributed by atoms with Gasteiger partial charge in [0.05, 0.1) is 13.2 Å². The lowest BCUT2D eigenvalue weighted by Gasteiger charge is -2.55. The van der Waals surface area contributed by atoms with Crippen molar-refractivity contribution in [3.8, 4) is 0 Å². The number of benzene rings is 1. The lowest BCUT2D eigenvalue weighted by atomic mass is 9.99. The lowest BCUT2D eigenvalue weighted by Crippen LogP contribution is -2.70. The Hall–Kier alpha value is -0.626. The molecule has 2 aliphatic rings. The first kappa shape index (κ1) is 28.9. The highest BCUT2D eigenvalue weighted by Gasteiger charge is 2.61. The van der Waals surface area contributed by atoms with Crippen molar-refractivity contribution in [2.45, 2.75) is 115 Å². The predicted molar refractivity (Wildman–Crippen MR) is 141 cm³/mol. The molecule has 0 saturated carbocycles. The fraction of sp³-hybridized carbons (Fsp3) is 0.769. The molecule has 1 aromatic carbocycles. The molecule has 2 heterocycles. The molecule has 35 heavy (non-hydrogen) atoms. The van der Waals surface area contributed by atoms with Gasteiger partial charge in [-0.3, -0.25) is 0 Å². The number of hydrogen-bond donors (Lipinski definition) is 1. The van der Waals surface area contributed by atoms with Gasteiger partial charge in [-0.15, -0.1) is 0 Å². The molecule has 0 aromatic heterocycles. The van der Waals surface area contributed by atoms with Crippen LogP contribution in [-0.2, 0) is 33.8 Å². The second-order valence-corrected chi connectivity index (χ2v) is 19.9. The number of ether oxygens (including phenoxy) is 3. The maximum Gasteiger partial charge on any atom is 0.335 e. The van der Waals surface area contributed by atoms with Crippen LogP contribution in [0.3, 0.4) is 0 Å². The summed E-state index contributed by atoms with van der Waals surface area (Å²) in [6.07, 6.45) is -3.46. The molecule has 0 spiro atoms. The molecule has 1 N–H and O–H groups in total. The third kappa shape index (κ3) is 5.78. The van der Waals surface area contributed by atoms with Gasteiger partial charge in [0.15, 0.2) is 6.29 Å². The molecule has 2 saturated heterocycles. The van der Waals surface area contributed by atoms with Crippen molar-refractivity contribution < 1.29 is 32.3 Å². The van der Waals surface area contributed by atoms with E-state index in [0.29, 0.717) is 13.2 Å². The molecule has 0 amide bonds. The van der Waals surface area contributed by atoms with Crippen LogP contribution in [0.15, 0.2) is 30.3 Å². The minimum Gasteiger partial charge on any atom is -0.414 e. The highest BCUT2D eigenvalue weighted by atomic mass is 28.5. The molecule has 0 aliphatic carbocycles. The summed E-state index contributed by atoms with van der Waals surface area (Å²) in [7, 11) is -4.02. The van der Waals surface area contributed by atoms with E-state index in [0.717, 1.165) is 5.56 Å². The van der Waals surface area contributed by atoms with Gasteiger partial charge in [-0.25, -0.2) is 0 Å². The van der Waals surface area contributed by atoms with Crippen LogP contribution in [-0.4, -0.2) is 66.7 Å². The topological polar surface area (TPSA) is 75.6 Å². The summed E-state index contributed by atoms with van der Waals surface area (Å²) in [6.45, 7) is 18.2. The van der Waals surface area contributed by atoms with E-state index in [1.54, 1.807) is 7.11 Å². The number of rotatable bonds is 8. The minimum absolute atomic E-state index is 0.168. The van der Waals surface area contributed by atoms with Gasteiger partial charge in [0.1, 0.15) is 24.4 Å². The van der Waals surface area contributed by atoms with Crippen molar-refractivity contribution in [1.29, 1.82) is 0 Å². The van der Waals surface area contributed by atoms with Crippen LogP contribution in [0.25, 0.3) is 0 Å². The van der Waals surface area contributed by atoms with Crippen LogP contribution in [0.2, 0.25) is 22.2 Å². The van der Waals surface area contributed by atoms with Crippen molar-refractivity contribution in [2.24, 2.45) is 0 Å². The first-order valence-corrected chi connectivity index (χ1v) is 17.0. The maximum atomic E-state index is 11.2. The van der Waals surface area contributed by atoms with Gasteiger partial charge >= 0.3 is 17.1 Å². The van der Waals surface area contributed by atoms with Crippen LogP contribution in [0.4, 0.5) is 0 Å². The smallest absolute Gasteiger partial charge is 0.335 e. The Bertz CT molecular complexity index is 773. The summed E-state index contributed by atoms with van der Waals surface area (Å²) < 4.78 is 39.4. The zero-order valence-electron chi connectivity index (χ0n) is 22.9. The molecule has 0 radical (unpaired) electrons. The Morgan fingerprint density at radius 3 is 2.00 bits per heavy atom. The molecular weight excluding hydrogens is 480 g/mol. The molecule has 1 aromatic rings. The lowest BCUT2D eigenvalue weighted by molar-refractivity contribution is -0.303. The summed E-state index contributed by atoms with van der Waals surface area (Å²) in [5.74, 6) is 0. The Morgan fingerprint density at radius 2 is 1.49 bits per heavy atom. The molecular formula is C26H46O7Si2. The van der Waals surface area contributed by atoms with Gasteiger partial charge in [-0.05, 0) is 27.7 Å². The summed E-state index contributed by atoms with van der Waals surface area (Å²) in [6, 6.07) is 9.95. The van der Waals surface area contributed by atoms with E-state index >= 15 is 0 Å². The fourth-order valence-corrected chi connectivity index (χ4v) is 16.7. The predicted octanol–water partition coefficient (Wildman–Crippen LogP) is 5.26. The zero-order chi connectivity index (χ0) is 26.0. The van der Waals surface area contributed by atoms with Gasteiger partial charge < -0.3 is 32.3 Å². The molecule has 3 rings (SSSR count). The zero-order valence-corrected chi connectivity index (χ0v) is 24.9. The molecule has 7 nitrogen and oxygen atoms in total. The van der Waals surface area contributed by atoms with Gasteiger partial charge in [0.25, 0.3) is 0 Å². The largest absolute Gasteiger partial charge is 0.414 e. The molecule has 0 unspecified atom stereocenters. The number of fused-ring (bicyclic) bond motifs is 1. The monoisotopic (exact) mass is 526 g/mol. The second kappa shape index (κ2) is 11.8. The fourth-order valence-electron chi connectivity index (χ4n) is 5.46. The second-order valence-electron chi connectivity index (χ2n) is 11.1. The average molecular weight is 527 g/mol. The highest BCUT2D eigenvalue weighted by Crippen LogP contribution is 2.47. The molecule has 2 fully saturated rings. The highest BCUT2D eigenvalue weighted by molar-refractivity contribution is 6.83. The third-order valence-corrected chi connectivity index (χ3v) is 17.7. The Kier molecular flexibility index (Phi) is 9.78. The number of aliphatic hydroxyl groups is 1. The van der Waals surface area contributed by atoms with E-state index in [9.17, 15) is 5.11 Å². The van der Waals surface area contributed by atoms with Gasteiger partial charge in [-0.2, -0.15) is 0 Å². The van der Waals surface area contributed by atoms with E-state index < -0.39 is 47.8 Å². The van der Waals surface area contributed by atoms with E-state index in [-0.39, 0.29) is 22.2 Å².